The van der Waals surface area contributed by atoms with Crippen molar-refractivity contribution in [1.29, 1.82) is 0 Å². The molecule has 0 aliphatic rings. The molecule has 0 aliphatic heterocycles. The molecule has 2 aromatic heterocycles. The molecule has 0 unspecified atom stereocenters. The minimum Gasteiger partial charge on any atom is -0.375 e. The van der Waals surface area contributed by atoms with Gasteiger partial charge in [-0.15, -0.1) is 0 Å². The van der Waals surface area contributed by atoms with Crippen molar-refractivity contribution in [2.24, 2.45) is 0 Å². The summed E-state index contributed by atoms with van der Waals surface area (Å²) in [6.45, 7) is 0.554. The second-order valence-electron chi connectivity index (χ2n) is 4.13. The summed E-state index contributed by atoms with van der Waals surface area (Å²) >= 11 is 1.65. The number of rotatable bonds is 5. The lowest BCUT2D eigenvalue weighted by molar-refractivity contribution is 0.378. The Morgan fingerprint density at radius 1 is 1.16 bits per heavy atom. The number of benzene rings is 1. The van der Waals surface area contributed by atoms with Gasteiger partial charge in [-0.1, -0.05) is 35.5 Å². The van der Waals surface area contributed by atoms with Crippen LogP contribution in [0.2, 0.25) is 0 Å². The van der Waals surface area contributed by atoms with Crippen molar-refractivity contribution < 1.29 is 4.52 Å². The Morgan fingerprint density at radius 3 is 2.84 bits per heavy atom. The van der Waals surface area contributed by atoms with Gasteiger partial charge >= 0.3 is 0 Å². The number of anilines is 1. The highest BCUT2D eigenvalue weighted by Crippen LogP contribution is 2.13. The second kappa shape index (κ2) is 5.67. The highest BCUT2D eigenvalue weighted by Gasteiger charge is 2.06. The van der Waals surface area contributed by atoms with Gasteiger partial charge in [0.15, 0.2) is 5.82 Å². The Bertz CT molecular complexity index is 619. The molecule has 1 aromatic carbocycles. The standard InChI is InChI=1S/C14H13N3OS/c1-2-4-11(5-3-1)8-13-16-14(18-17-13)9-15-12-6-7-19-10-12/h1-7,10,15H,8-9H2. The SMILES string of the molecule is c1ccc(Cc2noc(CNc3ccsc3)n2)cc1. The molecule has 0 amide bonds. The molecule has 3 aromatic rings. The molecule has 3 rings (SSSR count). The van der Waals surface area contributed by atoms with E-state index in [2.05, 4.69) is 27.6 Å². The molecule has 1 N–H and O–H groups in total. The van der Waals surface area contributed by atoms with E-state index in [1.54, 1.807) is 11.3 Å². The zero-order valence-corrected chi connectivity index (χ0v) is 11.1. The lowest BCUT2D eigenvalue weighted by atomic mass is 10.1. The van der Waals surface area contributed by atoms with E-state index in [1.165, 1.54) is 5.56 Å². The predicted octanol–water partition coefficient (Wildman–Crippen LogP) is 3.33. The topological polar surface area (TPSA) is 51.0 Å². The number of nitrogens with zero attached hydrogens (tertiary/aromatic N) is 2. The van der Waals surface area contributed by atoms with E-state index in [1.807, 2.05) is 35.0 Å². The lowest BCUT2D eigenvalue weighted by Gasteiger charge is -1.97. The van der Waals surface area contributed by atoms with Gasteiger partial charge in [0.2, 0.25) is 5.89 Å². The molecule has 5 heteroatoms. The zero-order valence-electron chi connectivity index (χ0n) is 10.2. The van der Waals surface area contributed by atoms with Gasteiger partial charge in [0.1, 0.15) is 0 Å². The third-order valence-corrected chi connectivity index (χ3v) is 3.36. The summed E-state index contributed by atoms with van der Waals surface area (Å²) in [4.78, 5) is 4.37. The first-order valence-corrected chi connectivity index (χ1v) is 6.96. The summed E-state index contributed by atoms with van der Waals surface area (Å²) < 4.78 is 5.21. The Kier molecular flexibility index (Phi) is 3.56. The van der Waals surface area contributed by atoms with Crippen LogP contribution in [0.25, 0.3) is 0 Å². The van der Waals surface area contributed by atoms with Crippen molar-refractivity contribution in [3.05, 3.63) is 64.4 Å². The van der Waals surface area contributed by atoms with Crippen LogP contribution in [-0.2, 0) is 13.0 Å². The van der Waals surface area contributed by atoms with E-state index in [4.69, 9.17) is 4.52 Å². The number of hydrogen-bond acceptors (Lipinski definition) is 5. The highest BCUT2D eigenvalue weighted by atomic mass is 32.1. The average molecular weight is 271 g/mol. The van der Waals surface area contributed by atoms with Crippen molar-refractivity contribution in [2.45, 2.75) is 13.0 Å². The van der Waals surface area contributed by atoms with Crippen LogP contribution in [0.3, 0.4) is 0 Å². The van der Waals surface area contributed by atoms with E-state index in [0.717, 1.165) is 5.69 Å². The first kappa shape index (κ1) is 11.9. The van der Waals surface area contributed by atoms with Crippen molar-refractivity contribution in [2.75, 3.05) is 5.32 Å². The molecule has 0 fully saturated rings. The molecule has 0 aliphatic carbocycles. The van der Waals surface area contributed by atoms with Gasteiger partial charge in [0, 0.05) is 17.5 Å². The van der Waals surface area contributed by atoms with Gasteiger partial charge in [-0.05, 0) is 17.0 Å². The fourth-order valence-electron chi connectivity index (χ4n) is 1.75. The van der Waals surface area contributed by atoms with Crippen LogP contribution in [0, 0.1) is 0 Å². The quantitative estimate of drug-likeness (QED) is 0.773. The average Bonchev–Trinajstić information content (AvgIpc) is 3.09. The molecule has 4 nitrogen and oxygen atoms in total. The third-order valence-electron chi connectivity index (χ3n) is 2.68. The minimum absolute atomic E-state index is 0.554. The lowest BCUT2D eigenvalue weighted by Crippen LogP contribution is -1.98. The second-order valence-corrected chi connectivity index (χ2v) is 4.91. The maximum absolute atomic E-state index is 5.21. The molecule has 0 bridgehead atoms. The van der Waals surface area contributed by atoms with Crippen LogP contribution in [0.1, 0.15) is 17.3 Å². The minimum atomic E-state index is 0.554. The van der Waals surface area contributed by atoms with E-state index in [0.29, 0.717) is 24.7 Å². The Hall–Kier alpha value is -2.14. The van der Waals surface area contributed by atoms with Crippen molar-refractivity contribution in [1.82, 2.24) is 10.1 Å². The summed E-state index contributed by atoms with van der Waals surface area (Å²) in [5, 5.41) is 11.3. The van der Waals surface area contributed by atoms with E-state index in [9.17, 15) is 0 Å². The molecule has 0 radical (unpaired) electrons. The van der Waals surface area contributed by atoms with E-state index in [-0.39, 0.29) is 0 Å². The van der Waals surface area contributed by atoms with Crippen molar-refractivity contribution >= 4 is 17.0 Å². The number of thiophene rings is 1. The molecular formula is C14H13N3OS. The maximum Gasteiger partial charge on any atom is 0.245 e. The summed E-state index contributed by atoms with van der Waals surface area (Å²) in [5.41, 5.74) is 2.26. The highest BCUT2D eigenvalue weighted by molar-refractivity contribution is 7.08. The summed E-state index contributed by atoms with van der Waals surface area (Å²) in [6, 6.07) is 12.1. The van der Waals surface area contributed by atoms with Crippen LogP contribution in [0.15, 0.2) is 51.7 Å². The summed E-state index contributed by atoms with van der Waals surface area (Å²) in [6.07, 6.45) is 0.697. The Labute approximate surface area is 115 Å². The fourth-order valence-corrected chi connectivity index (χ4v) is 2.37. The van der Waals surface area contributed by atoms with Gasteiger partial charge in [-0.2, -0.15) is 16.3 Å². The molecule has 96 valence electrons. The van der Waals surface area contributed by atoms with Gasteiger partial charge in [0.05, 0.1) is 6.54 Å². The first-order chi connectivity index (χ1) is 9.40. The van der Waals surface area contributed by atoms with Crippen LogP contribution in [0.4, 0.5) is 5.69 Å². The number of hydrogen-bond donors (Lipinski definition) is 1. The van der Waals surface area contributed by atoms with E-state index >= 15 is 0 Å². The predicted molar refractivity (Wildman–Crippen MR) is 75.2 cm³/mol. The van der Waals surface area contributed by atoms with Gasteiger partial charge in [-0.3, -0.25) is 0 Å². The van der Waals surface area contributed by atoms with E-state index < -0.39 is 0 Å². The monoisotopic (exact) mass is 271 g/mol. The van der Waals surface area contributed by atoms with Gasteiger partial charge < -0.3 is 9.84 Å². The smallest absolute Gasteiger partial charge is 0.245 e. The molecule has 0 saturated carbocycles. The maximum atomic E-state index is 5.21. The summed E-state index contributed by atoms with van der Waals surface area (Å²) in [7, 11) is 0. The van der Waals surface area contributed by atoms with Crippen molar-refractivity contribution in [3.8, 4) is 0 Å². The molecular weight excluding hydrogens is 258 g/mol. The van der Waals surface area contributed by atoms with Gasteiger partial charge in [0.25, 0.3) is 0 Å². The first-order valence-electron chi connectivity index (χ1n) is 6.01. The van der Waals surface area contributed by atoms with Crippen LogP contribution in [0.5, 0.6) is 0 Å². The zero-order chi connectivity index (χ0) is 12.9. The van der Waals surface area contributed by atoms with Crippen LogP contribution < -0.4 is 5.32 Å². The molecule has 0 atom stereocenters. The number of nitrogens with one attached hydrogen (secondary N) is 1. The Morgan fingerprint density at radius 2 is 2.05 bits per heavy atom. The van der Waals surface area contributed by atoms with Crippen LogP contribution >= 0.6 is 11.3 Å². The molecule has 2 heterocycles. The van der Waals surface area contributed by atoms with Gasteiger partial charge in [-0.25, -0.2) is 0 Å². The van der Waals surface area contributed by atoms with Crippen molar-refractivity contribution in [3.63, 3.8) is 0 Å². The molecule has 0 saturated heterocycles. The normalized spacial score (nSPS) is 10.5. The molecule has 0 spiro atoms. The summed E-state index contributed by atoms with van der Waals surface area (Å²) in [5.74, 6) is 1.32. The third kappa shape index (κ3) is 3.20. The fraction of sp³-hybridized carbons (Fsp3) is 0.143. The molecule has 19 heavy (non-hydrogen) atoms. The Balaban J connectivity index is 1.60. The van der Waals surface area contributed by atoms with Crippen LogP contribution in [-0.4, -0.2) is 10.1 Å². The number of aromatic nitrogens is 2. The largest absolute Gasteiger partial charge is 0.375 e.